The number of hydrogen-bond acceptors (Lipinski definition) is 2. The normalized spacial score (nSPS) is 48.2. The zero-order valence-electron chi connectivity index (χ0n) is 19.8. The Hall–Kier alpha value is -0.370. The largest absolute Gasteiger partial charge is 0.393 e. The summed E-state index contributed by atoms with van der Waals surface area (Å²) in [7, 11) is 0. The van der Waals surface area contributed by atoms with Crippen LogP contribution in [0.4, 0.5) is 0 Å². The van der Waals surface area contributed by atoms with Crippen LogP contribution in [0.5, 0.6) is 0 Å². The van der Waals surface area contributed by atoms with Gasteiger partial charge in [0, 0.05) is 12.8 Å². The number of aliphatic hydroxyl groups is 1. The van der Waals surface area contributed by atoms with Gasteiger partial charge in [-0.25, -0.2) is 0 Å². The predicted octanol–water partition coefficient (Wildman–Crippen LogP) is 6.65. The van der Waals surface area contributed by atoms with Gasteiger partial charge >= 0.3 is 0 Å². The van der Waals surface area contributed by atoms with E-state index in [1.807, 2.05) is 0 Å². The van der Waals surface area contributed by atoms with Crippen LogP contribution in [0.1, 0.15) is 105 Å². The summed E-state index contributed by atoms with van der Waals surface area (Å²) in [5.41, 5.74) is 0.704. The molecule has 0 heterocycles. The van der Waals surface area contributed by atoms with Crippen LogP contribution in [0.25, 0.3) is 0 Å². The second-order valence-electron chi connectivity index (χ2n) is 12.6. The first-order valence-electron chi connectivity index (χ1n) is 12.9. The van der Waals surface area contributed by atoms with Crippen molar-refractivity contribution in [2.75, 3.05) is 0 Å². The van der Waals surface area contributed by atoms with Crippen LogP contribution in [-0.4, -0.2) is 17.0 Å². The van der Waals surface area contributed by atoms with Crippen molar-refractivity contribution in [1.82, 2.24) is 0 Å². The van der Waals surface area contributed by atoms with E-state index in [0.29, 0.717) is 40.3 Å². The molecule has 1 unspecified atom stereocenters. The molecule has 0 radical (unpaired) electrons. The number of ketones is 1. The monoisotopic (exact) mass is 402 g/mol. The Labute approximate surface area is 179 Å². The zero-order valence-corrected chi connectivity index (χ0v) is 19.8. The van der Waals surface area contributed by atoms with Crippen molar-refractivity contribution in [3.63, 3.8) is 0 Å². The van der Waals surface area contributed by atoms with Gasteiger partial charge in [-0.3, -0.25) is 4.79 Å². The molecule has 29 heavy (non-hydrogen) atoms. The molecule has 2 heteroatoms. The summed E-state index contributed by atoms with van der Waals surface area (Å²) < 4.78 is 0. The van der Waals surface area contributed by atoms with E-state index in [2.05, 4.69) is 34.6 Å². The molecule has 0 amide bonds. The van der Waals surface area contributed by atoms with Gasteiger partial charge in [0.1, 0.15) is 5.78 Å². The molecule has 0 aromatic heterocycles. The van der Waals surface area contributed by atoms with Gasteiger partial charge in [0.2, 0.25) is 0 Å². The molecular formula is C27H46O2. The molecule has 4 fully saturated rings. The number of aliphatic hydroxyl groups excluding tert-OH is 1. The van der Waals surface area contributed by atoms with Gasteiger partial charge in [-0.05, 0) is 90.8 Å². The molecule has 9 atom stereocenters. The highest BCUT2D eigenvalue weighted by Crippen LogP contribution is 2.68. The Kier molecular flexibility index (Phi) is 5.99. The lowest BCUT2D eigenvalue weighted by molar-refractivity contribution is -0.140. The van der Waals surface area contributed by atoms with Gasteiger partial charge in [0.05, 0.1) is 6.10 Å². The number of carbonyl (C=O) groups is 1. The molecule has 0 spiro atoms. The molecule has 0 bridgehead atoms. The quantitative estimate of drug-likeness (QED) is 0.559. The van der Waals surface area contributed by atoms with Crippen LogP contribution in [0.2, 0.25) is 0 Å². The van der Waals surface area contributed by atoms with Gasteiger partial charge in [0.15, 0.2) is 0 Å². The molecule has 0 saturated heterocycles. The van der Waals surface area contributed by atoms with E-state index in [4.69, 9.17) is 0 Å². The van der Waals surface area contributed by atoms with E-state index in [1.54, 1.807) is 0 Å². The SMILES string of the molecule is CC(C)CCC[C@@H](C)[C@H]1C(O)C[C@H]2[C@@H]3CC[C@@H]4CC(=O)CC[C@]4(C)[C@H]3CC[C@]12C. The molecule has 2 nitrogen and oxygen atoms in total. The number of rotatable bonds is 5. The summed E-state index contributed by atoms with van der Waals surface area (Å²) in [4.78, 5) is 12.1. The van der Waals surface area contributed by atoms with E-state index < -0.39 is 0 Å². The minimum atomic E-state index is -0.101. The minimum Gasteiger partial charge on any atom is -0.393 e. The van der Waals surface area contributed by atoms with E-state index in [-0.39, 0.29) is 6.10 Å². The molecule has 4 aliphatic rings. The third kappa shape index (κ3) is 3.64. The zero-order chi connectivity index (χ0) is 21.0. The number of Topliss-reactive ketones (excluding diaryl/α,β-unsaturated/α-hetero) is 1. The maximum Gasteiger partial charge on any atom is 0.133 e. The fourth-order valence-electron chi connectivity index (χ4n) is 9.15. The van der Waals surface area contributed by atoms with Crippen molar-refractivity contribution in [2.24, 2.45) is 52.3 Å². The lowest BCUT2D eigenvalue weighted by atomic mass is 9.44. The van der Waals surface area contributed by atoms with Crippen molar-refractivity contribution in [2.45, 2.75) is 111 Å². The molecule has 1 N–H and O–H groups in total. The van der Waals surface area contributed by atoms with Crippen molar-refractivity contribution in [1.29, 1.82) is 0 Å². The van der Waals surface area contributed by atoms with Gasteiger partial charge < -0.3 is 5.11 Å². The molecule has 166 valence electrons. The Balaban J connectivity index is 1.51. The van der Waals surface area contributed by atoms with Crippen LogP contribution >= 0.6 is 0 Å². The average molecular weight is 403 g/mol. The first-order chi connectivity index (χ1) is 13.7. The first kappa shape index (κ1) is 21.8. The summed E-state index contributed by atoms with van der Waals surface area (Å²) in [6.07, 6.45) is 12.8. The fourth-order valence-corrected chi connectivity index (χ4v) is 9.15. The smallest absolute Gasteiger partial charge is 0.133 e. The van der Waals surface area contributed by atoms with Crippen LogP contribution in [0, 0.1) is 52.3 Å². The lowest BCUT2D eigenvalue weighted by Crippen LogP contribution is -2.53. The molecule has 4 saturated carbocycles. The van der Waals surface area contributed by atoms with Gasteiger partial charge in [-0.2, -0.15) is 0 Å². The topological polar surface area (TPSA) is 37.3 Å². The van der Waals surface area contributed by atoms with E-state index in [0.717, 1.165) is 43.4 Å². The Bertz CT molecular complexity index is 612. The lowest BCUT2D eigenvalue weighted by Gasteiger charge is -2.60. The fraction of sp³-hybridized carbons (Fsp3) is 0.963. The third-order valence-corrected chi connectivity index (χ3v) is 10.6. The van der Waals surface area contributed by atoms with E-state index in [1.165, 1.54) is 44.9 Å². The average Bonchev–Trinajstić information content (AvgIpc) is 2.92. The van der Waals surface area contributed by atoms with Crippen LogP contribution < -0.4 is 0 Å². The van der Waals surface area contributed by atoms with Gasteiger partial charge in [-0.1, -0.05) is 53.9 Å². The highest BCUT2D eigenvalue weighted by molar-refractivity contribution is 5.79. The van der Waals surface area contributed by atoms with Crippen LogP contribution in [-0.2, 0) is 4.79 Å². The maximum atomic E-state index is 12.1. The predicted molar refractivity (Wildman–Crippen MR) is 119 cm³/mol. The third-order valence-electron chi connectivity index (χ3n) is 10.6. The standard InChI is InChI=1S/C27H46O2/c1-17(2)7-6-8-18(3)25-24(29)16-23-21-10-9-19-15-20(28)11-13-26(19,4)22(21)12-14-27(23,25)5/h17-19,21-25,29H,6-16H2,1-5H3/t18-,19-,21-,22+,23+,24?,25+,26+,27+/m1/s1. The highest BCUT2D eigenvalue weighted by Gasteiger charge is 2.62. The van der Waals surface area contributed by atoms with Crippen molar-refractivity contribution < 1.29 is 9.90 Å². The van der Waals surface area contributed by atoms with Gasteiger partial charge in [0.25, 0.3) is 0 Å². The first-order valence-corrected chi connectivity index (χ1v) is 12.9. The summed E-state index contributed by atoms with van der Waals surface area (Å²) in [5, 5.41) is 11.2. The van der Waals surface area contributed by atoms with Crippen LogP contribution in [0.3, 0.4) is 0 Å². The second-order valence-corrected chi connectivity index (χ2v) is 12.6. The van der Waals surface area contributed by atoms with Crippen molar-refractivity contribution >= 4 is 5.78 Å². The van der Waals surface area contributed by atoms with E-state index in [9.17, 15) is 9.90 Å². The summed E-state index contributed by atoms with van der Waals surface area (Å²) >= 11 is 0. The number of carbonyl (C=O) groups excluding carboxylic acids is 1. The number of fused-ring (bicyclic) bond motifs is 5. The molecule has 4 rings (SSSR count). The Morgan fingerprint density at radius 2 is 1.76 bits per heavy atom. The minimum absolute atomic E-state index is 0.101. The van der Waals surface area contributed by atoms with Crippen LogP contribution in [0.15, 0.2) is 0 Å². The summed E-state index contributed by atoms with van der Waals surface area (Å²) in [6, 6.07) is 0. The molecule has 0 aromatic carbocycles. The number of hydrogen-bond donors (Lipinski definition) is 1. The van der Waals surface area contributed by atoms with E-state index >= 15 is 0 Å². The maximum absolute atomic E-state index is 12.1. The summed E-state index contributed by atoms with van der Waals surface area (Å²) in [6.45, 7) is 12.2. The molecular weight excluding hydrogens is 356 g/mol. The van der Waals surface area contributed by atoms with Crippen molar-refractivity contribution in [3.8, 4) is 0 Å². The molecule has 0 aromatic rings. The molecule has 0 aliphatic heterocycles. The van der Waals surface area contributed by atoms with Gasteiger partial charge in [-0.15, -0.1) is 0 Å². The summed E-state index contributed by atoms with van der Waals surface area (Å²) in [5.74, 6) is 5.32. The Morgan fingerprint density at radius 1 is 1.00 bits per heavy atom. The highest BCUT2D eigenvalue weighted by atomic mass is 16.3. The molecule has 4 aliphatic carbocycles. The second kappa shape index (κ2) is 7.95. The Morgan fingerprint density at radius 3 is 2.48 bits per heavy atom. The van der Waals surface area contributed by atoms with Crippen molar-refractivity contribution in [3.05, 3.63) is 0 Å².